The van der Waals surface area contributed by atoms with Crippen molar-refractivity contribution in [2.24, 2.45) is 0 Å². The number of benzene rings is 2. The SMILES string of the molecule is CCCCc1nc(Cl)c(CNc2ccccc2C(=O)OC)n1-c1ccc(CC(=O)OC)cc1. The van der Waals surface area contributed by atoms with Gasteiger partial charge in [0.15, 0.2) is 5.15 Å². The zero-order valence-electron chi connectivity index (χ0n) is 19.1. The molecule has 0 bridgehead atoms. The molecule has 0 aliphatic heterocycles. The number of anilines is 1. The van der Waals surface area contributed by atoms with Gasteiger partial charge in [0.25, 0.3) is 0 Å². The predicted octanol–water partition coefficient (Wildman–Crippen LogP) is 4.98. The van der Waals surface area contributed by atoms with Crippen LogP contribution < -0.4 is 5.32 Å². The van der Waals surface area contributed by atoms with Gasteiger partial charge in [-0.05, 0) is 36.2 Å². The monoisotopic (exact) mass is 469 g/mol. The standard InChI is InChI=1S/C25H28ClN3O4/c1-4-5-10-22-28-24(26)21(16-27-20-9-7-6-8-19(20)25(31)33-3)29(22)18-13-11-17(12-14-18)15-23(30)32-2/h6-9,11-14,27H,4-5,10,15-16H2,1-3H3. The van der Waals surface area contributed by atoms with E-state index in [9.17, 15) is 9.59 Å². The molecular formula is C25H28ClN3O4. The van der Waals surface area contributed by atoms with E-state index in [1.807, 2.05) is 41.0 Å². The van der Waals surface area contributed by atoms with Gasteiger partial charge in [-0.25, -0.2) is 9.78 Å². The molecule has 0 aliphatic carbocycles. The molecule has 7 nitrogen and oxygen atoms in total. The molecule has 2 aromatic carbocycles. The predicted molar refractivity (Wildman–Crippen MR) is 128 cm³/mol. The van der Waals surface area contributed by atoms with E-state index in [1.54, 1.807) is 12.1 Å². The van der Waals surface area contributed by atoms with Crippen LogP contribution in [0.3, 0.4) is 0 Å². The average molecular weight is 470 g/mol. The van der Waals surface area contributed by atoms with Crippen LogP contribution in [0.15, 0.2) is 48.5 Å². The Kier molecular flexibility index (Phi) is 8.49. The molecule has 174 valence electrons. The summed E-state index contributed by atoms with van der Waals surface area (Å²) in [4.78, 5) is 28.3. The van der Waals surface area contributed by atoms with Crippen LogP contribution in [-0.4, -0.2) is 35.7 Å². The molecule has 1 N–H and O–H groups in total. The quantitative estimate of drug-likeness (QED) is 0.421. The number of imidazole rings is 1. The summed E-state index contributed by atoms with van der Waals surface area (Å²) in [6, 6.07) is 14.8. The molecule has 0 fully saturated rings. The third-order valence-corrected chi connectivity index (χ3v) is 5.60. The first-order valence-electron chi connectivity index (χ1n) is 10.8. The number of aromatic nitrogens is 2. The van der Waals surface area contributed by atoms with Crippen LogP contribution in [0.2, 0.25) is 5.15 Å². The first-order valence-corrected chi connectivity index (χ1v) is 11.2. The number of carbonyl (C=O) groups excluding carboxylic acids is 2. The zero-order chi connectivity index (χ0) is 23.8. The van der Waals surface area contributed by atoms with Crippen LogP contribution in [0.1, 0.15) is 47.2 Å². The summed E-state index contributed by atoms with van der Waals surface area (Å²) in [7, 11) is 2.73. The van der Waals surface area contributed by atoms with E-state index in [1.165, 1.54) is 14.2 Å². The van der Waals surface area contributed by atoms with Crippen LogP contribution >= 0.6 is 11.6 Å². The molecule has 0 unspecified atom stereocenters. The molecule has 0 saturated carbocycles. The molecule has 3 aromatic rings. The number of unbranched alkanes of at least 4 members (excludes halogenated alkanes) is 1. The van der Waals surface area contributed by atoms with E-state index in [-0.39, 0.29) is 12.4 Å². The van der Waals surface area contributed by atoms with Crippen LogP contribution in [0, 0.1) is 0 Å². The van der Waals surface area contributed by atoms with Gasteiger partial charge in [-0.1, -0.05) is 49.2 Å². The summed E-state index contributed by atoms with van der Waals surface area (Å²) in [6.07, 6.45) is 3.00. The van der Waals surface area contributed by atoms with E-state index in [4.69, 9.17) is 21.1 Å². The third kappa shape index (κ3) is 5.93. The van der Waals surface area contributed by atoms with Gasteiger partial charge in [-0.3, -0.25) is 9.36 Å². The molecule has 0 aliphatic rings. The number of aryl methyl sites for hydroxylation is 1. The number of hydrogen-bond acceptors (Lipinski definition) is 6. The molecule has 0 atom stereocenters. The topological polar surface area (TPSA) is 82.5 Å². The Morgan fingerprint density at radius 2 is 1.79 bits per heavy atom. The zero-order valence-corrected chi connectivity index (χ0v) is 19.8. The fraction of sp³-hybridized carbons (Fsp3) is 0.320. The molecule has 8 heteroatoms. The molecule has 1 heterocycles. The van der Waals surface area contributed by atoms with Crippen LogP contribution in [0.4, 0.5) is 5.69 Å². The Morgan fingerprint density at radius 1 is 1.06 bits per heavy atom. The molecular weight excluding hydrogens is 442 g/mol. The van der Waals surface area contributed by atoms with Crippen molar-refractivity contribution in [1.82, 2.24) is 9.55 Å². The Balaban J connectivity index is 1.94. The van der Waals surface area contributed by atoms with E-state index in [2.05, 4.69) is 17.2 Å². The molecule has 0 radical (unpaired) electrons. The summed E-state index contributed by atoms with van der Waals surface area (Å²) in [6.45, 7) is 2.48. The minimum absolute atomic E-state index is 0.211. The number of ether oxygens (including phenoxy) is 2. The van der Waals surface area contributed by atoms with Crippen molar-refractivity contribution in [3.05, 3.63) is 76.3 Å². The molecule has 0 amide bonds. The fourth-order valence-electron chi connectivity index (χ4n) is 3.54. The van der Waals surface area contributed by atoms with Crippen molar-refractivity contribution >= 4 is 29.2 Å². The van der Waals surface area contributed by atoms with Gasteiger partial charge >= 0.3 is 11.9 Å². The maximum absolute atomic E-state index is 12.1. The van der Waals surface area contributed by atoms with Gasteiger partial charge < -0.3 is 14.8 Å². The number of nitrogens with one attached hydrogen (secondary N) is 1. The highest BCUT2D eigenvalue weighted by Gasteiger charge is 2.18. The minimum atomic E-state index is -0.414. The second kappa shape index (κ2) is 11.5. The fourth-order valence-corrected chi connectivity index (χ4v) is 3.79. The summed E-state index contributed by atoms with van der Waals surface area (Å²) >= 11 is 6.57. The number of halogens is 1. The number of rotatable bonds is 10. The van der Waals surface area contributed by atoms with Gasteiger partial charge in [-0.15, -0.1) is 0 Å². The van der Waals surface area contributed by atoms with Crippen molar-refractivity contribution in [3.63, 3.8) is 0 Å². The maximum Gasteiger partial charge on any atom is 0.339 e. The number of para-hydroxylation sites is 1. The number of esters is 2. The number of carbonyl (C=O) groups is 2. The highest BCUT2D eigenvalue weighted by Crippen LogP contribution is 2.26. The lowest BCUT2D eigenvalue weighted by Gasteiger charge is -2.15. The van der Waals surface area contributed by atoms with Crippen LogP contribution in [-0.2, 0) is 33.7 Å². The second-order valence-corrected chi connectivity index (χ2v) is 7.87. The van der Waals surface area contributed by atoms with Crippen molar-refractivity contribution in [3.8, 4) is 5.69 Å². The van der Waals surface area contributed by atoms with Crippen LogP contribution in [0.5, 0.6) is 0 Å². The van der Waals surface area contributed by atoms with Gasteiger partial charge in [0.1, 0.15) is 5.82 Å². The molecule has 0 spiro atoms. The smallest absolute Gasteiger partial charge is 0.339 e. The van der Waals surface area contributed by atoms with Gasteiger partial charge in [0.05, 0.1) is 38.4 Å². The summed E-state index contributed by atoms with van der Waals surface area (Å²) < 4.78 is 11.7. The van der Waals surface area contributed by atoms with Crippen molar-refractivity contribution in [2.45, 2.75) is 39.2 Å². The molecule has 33 heavy (non-hydrogen) atoms. The van der Waals surface area contributed by atoms with Gasteiger partial charge in [0, 0.05) is 17.8 Å². The first-order chi connectivity index (χ1) is 16.0. The van der Waals surface area contributed by atoms with Crippen molar-refractivity contribution in [2.75, 3.05) is 19.5 Å². The van der Waals surface area contributed by atoms with Crippen molar-refractivity contribution in [1.29, 1.82) is 0 Å². The lowest BCUT2D eigenvalue weighted by Crippen LogP contribution is -2.12. The highest BCUT2D eigenvalue weighted by atomic mass is 35.5. The molecule has 3 rings (SSSR count). The second-order valence-electron chi connectivity index (χ2n) is 7.51. The molecule has 0 saturated heterocycles. The highest BCUT2D eigenvalue weighted by molar-refractivity contribution is 6.30. The lowest BCUT2D eigenvalue weighted by molar-refractivity contribution is -0.139. The van der Waals surface area contributed by atoms with Crippen LogP contribution in [0.25, 0.3) is 5.69 Å². The number of methoxy groups -OCH3 is 2. The molecule has 1 aromatic heterocycles. The van der Waals surface area contributed by atoms with E-state index in [0.29, 0.717) is 22.9 Å². The van der Waals surface area contributed by atoms with Crippen molar-refractivity contribution < 1.29 is 19.1 Å². The van der Waals surface area contributed by atoms with E-state index < -0.39 is 5.97 Å². The lowest BCUT2D eigenvalue weighted by atomic mass is 10.1. The average Bonchev–Trinajstić information content (AvgIpc) is 3.16. The Labute approximate surface area is 198 Å². The Hall–Kier alpha value is -3.32. The largest absolute Gasteiger partial charge is 0.469 e. The number of nitrogens with zero attached hydrogens (tertiary/aromatic N) is 2. The first kappa shape index (κ1) is 24.3. The Bertz CT molecular complexity index is 1110. The van der Waals surface area contributed by atoms with E-state index in [0.717, 1.165) is 42.0 Å². The minimum Gasteiger partial charge on any atom is -0.469 e. The Morgan fingerprint density at radius 3 is 2.45 bits per heavy atom. The summed E-state index contributed by atoms with van der Waals surface area (Å²) in [5, 5.41) is 3.71. The summed E-state index contributed by atoms with van der Waals surface area (Å²) in [5.74, 6) is 0.161. The van der Waals surface area contributed by atoms with Gasteiger partial charge in [-0.2, -0.15) is 0 Å². The maximum atomic E-state index is 12.1. The third-order valence-electron chi connectivity index (χ3n) is 5.30. The normalized spacial score (nSPS) is 10.7. The summed E-state index contributed by atoms with van der Waals surface area (Å²) in [5.41, 5.74) is 3.63. The van der Waals surface area contributed by atoms with E-state index >= 15 is 0 Å². The number of hydrogen-bond donors (Lipinski definition) is 1. The van der Waals surface area contributed by atoms with Gasteiger partial charge in [0.2, 0.25) is 0 Å².